The zero-order valence-corrected chi connectivity index (χ0v) is 12.3. The van der Waals surface area contributed by atoms with Gasteiger partial charge in [0.15, 0.2) is 0 Å². The molecule has 1 aromatic carbocycles. The summed E-state index contributed by atoms with van der Waals surface area (Å²) in [5.41, 5.74) is 2.48. The van der Waals surface area contributed by atoms with Crippen molar-refractivity contribution in [2.45, 2.75) is 13.5 Å². The molecular weight excluding hydrogens is 284 g/mol. The van der Waals surface area contributed by atoms with Crippen molar-refractivity contribution in [1.29, 1.82) is 0 Å². The van der Waals surface area contributed by atoms with E-state index in [1.807, 2.05) is 43.5 Å². The second-order valence-electron chi connectivity index (χ2n) is 4.53. The maximum Gasteiger partial charge on any atom is 0.227 e. The standard InChI is InChI=1S/C15H14N4OS/c1-10-8-17-14(21-10)13-5-6-16-15(19-13)18-12-4-2-3-11(7-12)9-20/h2-8,20H,9H2,1H3,(H,16,18,19). The van der Waals surface area contributed by atoms with E-state index in [-0.39, 0.29) is 6.61 Å². The minimum atomic E-state index is 0.00874. The molecule has 2 N–H and O–H groups in total. The van der Waals surface area contributed by atoms with Crippen molar-refractivity contribution in [2.75, 3.05) is 5.32 Å². The molecule has 3 rings (SSSR count). The van der Waals surface area contributed by atoms with Crippen LogP contribution in [0.4, 0.5) is 11.6 Å². The molecule has 0 aliphatic carbocycles. The van der Waals surface area contributed by atoms with Gasteiger partial charge in [-0.3, -0.25) is 0 Å². The topological polar surface area (TPSA) is 70.9 Å². The van der Waals surface area contributed by atoms with Crippen molar-refractivity contribution >= 4 is 23.0 Å². The lowest BCUT2D eigenvalue weighted by Crippen LogP contribution is -1.98. The number of aliphatic hydroxyl groups excluding tert-OH is 1. The molecule has 3 aromatic rings. The minimum absolute atomic E-state index is 0.00874. The molecule has 6 heteroatoms. The molecule has 0 bridgehead atoms. The summed E-state index contributed by atoms with van der Waals surface area (Å²) in [6, 6.07) is 9.35. The van der Waals surface area contributed by atoms with Crippen LogP contribution >= 0.6 is 11.3 Å². The number of hydrogen-bond donors (Lipinski definition) is 2. The number of benzene rings is 1. The molecule has 2 aromatic heterocycles. The Morgan fingerprint density at radius 2 is 2.14 bits per heavy atom. The van der Waals surface area contributed by atoms with Crippen molar-refractivity contribution in [3.8, 4) is 10.7 Å². The fraction of sp³-hybridized carbons (Fsp3) is 0.133. The molecule has 106 valence electrons. The number of thiazole rings is 1. The average Bonchev–Trinajstić information content (AvgIpc) is 2.94. The van der Waals surface area contributed by atoms with Gasteiger partial charge in [-0.25, -0.2) is 15.0 Å². The SMILES string of the molecule is Cc1cnc(-c2ccnc(Nc3cccc(CO)c3)n2)s1. The largest absolute Gasteiger partial charge is 0.392 e. The Hall–Kier alpha value is -2.31. The van der Waals surface area contributed by atoms with Crippen LogP contribution in [0.15, 0.2) is 42.7 Å². The van der Waals surface area contributed by atoms with Crippen LogP contribution in [0, 0.1) is 6.92 Å². The molecule has 0 spiro atoms. The third kappa shape index (κ3) is 3.24. The van der Waals surface area contributed by atoms with Gasteiger partial charge in [0.1, 0.15) is 10.7 Å². The predicted octanol–water partition coefficient (Wildman–Crippen LogP) is 3.14. The Morgan fingerprint density at radius 1 is 1.24 bits per heavy atom. The predicted molar refractivity (Wildman–Crippen MR) is 83.5 cm³/mol. The van der Waals surface area contributed by atoms with Crippen LogP contribution in [0.2, 0.25) is 0 Å². The van der Waals surface area contributed by atoms with E-state index in [2.05, 4.69) is 20.3 Å². The van der Waals surface area contributed by atoms with Gasteiger partial charge in [-0.05, 0) is 30.7 Å². The van der Waals surface area contributed by atoms with Crippen molar-refractivity contribution in [2.24, 2.45) is 0 Å². The average molecular weight is 298 g/mol. The van der Waals surface area contributed by atoms with E-state index in [0.29, 0.717) is 5.95 Å². The monoisotopic (exact) mass is 298 g/mol. The lowest BCUT2D eigenvalue weighted by atomic mass is 10.2. The van der Waals surface area contributed by atoms with Gasteiger partial charge >= 0.3 is 0 Å². The zero-order valence-electron chi connectivity index (χ0n) is 11.4. The summed E-state index contributed by atoms with van der Waals surface area (Å²) in [6.07, 6.45) is 3.54. The van der Waals surface area contributed by atoms with Crippen molar-refractivity contribution in [1.82, 2.24) is 15.0 Å². The third-order valence-electron chi connectivity index (χ3n) is 2.86. The first-order chi connectivity index (χ1) is 10.2. The molecule has 0 unspecified atom stereocenters. The van der Waals surface area contributed by atoms with Gasteiger partial charge in [-0.2, -0.15) is 0 Å². The lowest BCUT2D eigenvalue weighted by molar-refractivity contribution is 0.282. The molecule has 0 fully saturated rings. The van der Waals surface area contributed by atoms with Crippen LogP contribution in [-0.4, -0.2) is 20.1 Å². The molecule has 0 saturated carbocycles. The van der Waals surface area contributed by atoms with E-state index in [4.69, 9.17) is 5.11 Å². The summed E-state index contributed by atoms with van der Waals surface area (Å²) < 4.78 is 0. The molecule has 2 heterocycles. The highest BCUT2D eigenvalue weighted by Crippen LogP contribution is 2.24. The van der Waals surface area contributed by atoms with E-state index in [1.54, 1.807) is 17.5 Å². The van der Waals surface area contributed by atoms with E-state index < -0.39 is 0 Å². The van der Waals surface area contributed by atoms with Crippen LogP contribution in [0.5, 0.6) is 0 Å². The second-order valence-corrected chi connectivity index (χ2v) is 5.76. The molecule has 0 saturated heterocycles. The summed E-state index contributed by atoms with van der Waals surface area (Å²) >= 11 is 1.60. The normalized spacial score (nSPS) is 10.6. The van der Waals surface area contributed by atoms with Crippen molar-refractivity contribution < 1.29 is 5.11 Å². The first-order valence-corrected chi connectivity index (χ1v) is 7.29. The summed E-state index contributed by atoms with van der Waals surface area (Å²) in [5, 5.41) is 13.2. The molecule has 0 atom stereocenters. The molecular formula is C15H14N4OS. The van der Waals surface area contributed by atoms with Gasteiger partial charge in [0.2, 0.25) is 5.95 Å². The van der Waals surface area contributed by atoms with Crippen LogP contribution in [-0.2, 0) is 6.61 Å². The molecule has 0 amide bonds. The highest BCUT2D eigenvalue weighted by Gasteiger charge is 2.06. The molecule has 0 aliphatic heterocycles. The first kappa shape index (κ1) is 13.7. The van der Waals surface area contributed by atoms with Crippen LogP contribution in [0.25, 0.3) is 10.7 Å². The second kappa shape index (κ2) is 5.99. The van der Waals surface area contributed by atoms with Crippen LogP contribution in [0.1, 0.15) is 10.4 Å². The zero-order chi connectivity index (χ0) is 14.7. The fourth-order valence-electron chi connectivity index (χ4n) is 1.89. The number of aliphatic hydroxyl groups is 1. The van der Waals surface area contributed by atoms with Gasteiger partial charge in [0.25, 0.3) is 0 Å². The number of rotatable bonds is 4. The number of anilines is 2. The lowest BCUT2D eigenvalue weighted by Gasteiger charge is -2.06. The Balaban J connectivity index is 1.86. The van der Waals surface area contributed by atoms with Gasteiger partial charge < -0.3 is 10.4 Å². The highest BCUT2D eigenvalue weighted by molar-refractivity contribution is 7.14. The maximum atomic E-state index is 9.16. The maximum absolute atomic E-state index is 9.16. The first-order valence-electron chi connectivity index (χ1n) is 6.47. The Kier molecular flexibility index (Phi) is 3.89. The Morgan fingerprint density at radius 3 is 2.90 bits per heavy atom. The van der Waals surface area contributed by atoms with Gasteiger partial charge in [0.05, 0.1) is 6.61 Å². The van der Waals surface area contributed by atoms with E-state index >= 15 is 0 Å². The Labute approximate surface area is 126 Å². The van der Waals surface area contributed by atoms with E-state index in [0.717, 1.165) is 26.8 Å². The number of nitrogens with zero attached hydrogens (tertiary/aromatic N) is 3. The van der Waals surface area contributed by atoms with Crippen molar-refractivity contribution in [3.63, 3.8) is 0 Å². The summed E-state index contributed by atoms with van der Waals surface area (Å²) in [5.74, 6) is 0.510. The quantitative estimate of drug-likeness (QED) is 0.774. The molecule has 0 aliphatic rings. The summed E-state index contributed by atoms with van der Waals surface area (Å²) in [4.78, 5) is 14.2. The van der Waals surface area contributed by atoms with Crippen LogP contribution < -0.4 is 5.32 Å². The number of hydrogen-bond acceptors (Lipinski definition) is 6. The number of aromatic nitrogens is 3. The number of aryl methyl sites for hydroxylation is 1. The van der Waals surface area contributed by atoms with Gasteiger partial charge in [-0.1, -0.05) is 12.1 Å². The van der Waals surface area contributed by atoms with Gasteiger partial charge in [0, 0.05) is 23.0 Å². The third-order valence-corrected chi connectivity index (χ3v) is 3.80. The summed E-state index contributed by atoms with van der Waals surface area (Å²) in [6.45, 7) is 2.02. The minimum Gasteiger partial charge on any atom is -0.392 e. The van der Waals surface area contributed by atoms with Gasteiger partial charge in [-0.15, -0.1) is 11.3 Å². The smallest absolute Gasteiger partial charge is 0.227 e. The van der Waals surface area contributed by atoms with E-state index in [9.17, 15) is 0 Å². The highest BCUT2D eigenvalue weighted by atomic mass is 32.1. The van der Waals surface area contributed by atoms with E-state index in [1.165, 1.54) is 0 Å². The molecule has 21 heavy (non-hydrogen) atoms. The Bertz CT molecular complexity index is 757. The summed E-state index contributed by atoms with van der Waals surface area (Å²) in [7, 11) is 0. The number of nitrogens with one attached hydrogen (secondary N) is 1. The molecule has 5 nitrogen and oxygen atoms in total. The fourth-order valence-corrected chi connectivity index (χ4v) is 2.62. The van der Waals surface area contributed by atoms with Crippen molar-refractivity contribution in [3.05, 3.63) is 53.2 Å². The molecule has 0 radical (unpaired) electrons. The van der Waals surface area contributed by atoms with Crippen LogP contribution in [0.3, 0.4) is 0 Å².